The van der Waals surface area contributed by atoms with Crippen LogP contribution in [0.3, 0.4) is 0 Å². The number of nitrogens with zero attached hydrogens (tertiary/aromatic N) is 2. The van der Waals surface area contributed by atoms with Gasteiger partial charge in [-0.3, -0.25) is 10.0 Å². The average molecular weight is 294 g/mol. The van der Waals surface area contributed by atoms with Crippen molar-refractivity contribution in [2.24, 2.45) is 16.8 Å². The molecule has 0 amide bonds. The fourth-order valence-electron chi connectivity index (χ4n) is 2.89. The van der Waals surface area contributed by atoms with Crippen LogP contribution in [0.1, 0.15) is 25.3 Å². The second-order valence-corrected chi connectivity index (χ2v) is 6.24. The molecule has 0 bridgehead atoms. The molecule has 2 N–H and O–H groups in total. The minimum atomic E-state index is -0.894. The third-order valence-electron chi connectivity index (χ3n) is 4.42. The third-order valence-corrected chi connectivity index (χ3v) is 4.68. The molecule has 108 valence electrons. The molecule has 0 saturated heterocycles. The van der Waals surface area contributed by atoms with Gasteiger partial charge in [0, 0.05) is 5.02 Å². The molecule has 2 unspecified atom stereocenters. The molecule has 0 radical (unpaired) electrons. The molecule has 0 spiro atoms. The number of rotatable bonds is 5. The third kappa shape index (κ3) is 2.68. The largest absolute Gasteiger partial charge is 0.383 e. The molecule has 4 nitrogen and oxygen atoms in total. The molecule has 0 aromatic heterocycles. The summed E-state index contributed by atoms with van der Waals surface area (Å²) in [5.74, 6) is 0.815. The molecule has 1 aromatic carbocycles. The fourth-order valence-corrected chi connectivity index (χ4v) is 3.02. The van der Waals surface area contributed by atoms with Crippen LogP contribution >= 0.6 is 11.6 Å². The highest BCUT2D eigenvalue weighted by Gasteiger charge is 2.45. The Morgan fingerprint density at radius 3 is 2.70 bits per heavy atom. The highest BCUT2D eigenvalue weighted by molar-refractivity contribution is 6.30. The number of aliphatic hydroxyl groups is 1. The maximum absolute atomic E-state index is 11.3. The number of nitrogens with one attached hydrogen (secondary N) is 1. The number of hydrogen-bond donors (Lipinski definition) is 2. The number of hydrazine groups is 1. The summed E-state index contributed by atoms with van der Waals surface area (Å²) in [5.41, 5.74) is 3.16. The lowest BCUT2D eigenvalue weighted by Gasteiger charge is -2.37. The van der Waals surface area contributed by atoms with Gasteiger partial charge in [0.05, 0.1) is 6.54 Å². The van der Waals surface area contributed by atoms with Crippen molar-refractivity contribution in [3.8, 4) is 0 Å². The first kappa shape index (κ1) is 13.9. The first-order valence-corrected chi connectivity index (χ1v) is 7.46. The molecule has 1 aliphatic heterocycles. The van der Waals surface area contributed by atoms with E-state index in [0.29, 0.717) is 24.2 Å². The Kier molecular flexibility index (Phi) is 3.71. The molecular weight excluding hydrogens is 274 g/mol. The van der Waals surface area contributed by atoms with Crippen molar-refractivity contribution in [1.82, 2.24) is 10.4 Å². The van der Waals surface area contributed by atoms with Crippen LogP contribution in [-0.2, 0) is 5.60 Å². The number of β-amino-alcohol motifs (C(OH)–C–C–N with tert-alkyl or cyclic N) is 1. The Labute approximate surface area is 124 Å². The van der Waals surface area contributed by atoms with Crippen molar-refractivity contribution in [2.75, 3.05) is 13.2 Å². The zero-order chi connectivity index (χ0) is 14.2. The van der Waals surface area contributed by atoms with Crippen molar-refractivity contribution >= 4 is 17.9 Å². The van der Waals surface area contributed by atoms with Gasteiger partial charge < -0.3 is 5.11 Å². The number of benzene rings is 1. The first-order chi connectivity index (χ1) is 9.59. The number of hydrogen-bond acceptors (Lipinski definition) is 4. The normalized spacial score (nSPS) is 22.9. The van der Waals surface area contributed by atoms with Crippen molar-refractivity contribution in [2.45, 2.75) is 25.4 Å². The van der Waals surface area contributed by atoms with E-state index < -0.39 is 5.60 Å². The molecule has 5 heteroatoms. The van der Waals surface area contributed by atoms with E-state index in [9.17, 15) is 5.11 Å². The highest BCUT2D eigenvalue weighted by Crippen LogP contribution is 2.46. The molecule has 1 aromatic rings. The zero-order valence-corrected chi connectivity index (χ0v) is 12.3. The Morgan fingerprint density at radius 2 is 2.15 bits per heavy atom. The van der Waals surface area contributed by atoms with E-state index in [1.165, 1.54) is 12.8 Å². The summed E-state index contributed by atoms with van der Waals surface area (Å²) >= 11 is 5.96. The van der Waals surface area contributed by atoms with Gasteiger partial charge >= 0.3 is 0 Å². The van der Waals surface area contributed by atoms with Gasteiger partial charge in [0.15, 0.2) is 0 Å². The van der Waals surface area contributed by atoms with Crippen LogP contribution < -0.4 is 5.43 Å². The minimum Gasteiger partial charge on any atom is -0.383 e. The van der Waals surface area contributed by atoms with Gasteiger partial charge in [-0.25, -0.2) is 5.43 Å². The summed E-state index contributed by atoms with van der Waals surface area (Å²) in [6, 6.07) is 7.53. The summed E-state index contributed by atoms with van der Waals surface area (Å²) in [6.45, 7) is 3.21. The van der Waals surface area contributed by atoms with Crippen LogP contribution in [0, 0.1) is 11.8 Å². The lowest BCUT2D eigenvalue weighted by molar-refractivity contribution is -0.0460. The molecule has 1 fully saturated rings. The first-order valence-electron chi connectivity index (χ1n) is 7.08. The maximum Gasteiger partial charge on any atom is 0.111 e. The van der Waals surface area contributed by atoms with Crippen LogP contribution in [0.5, 0.6) is 0 Å². The van der Waals surface area contributed by atoms with E-state index in [1.807, 2.05) is 29.3 Å². The molecule has 1 saturated carbocycles. The Morgan fingerprint density at radius 1 is 1.45 bits per heavy atom. The Hall–Kier alpha value is -1.10. The van der Waals surface area contributed by atoms with Crippen molar-refractivity contribution in [3.05, 3.63) is 34.9 Å². The van der Waals surface area contributed by atoms with Gasteiger partial charge in [0.25, 0.3) is 0 Å². The second kappa shape index (κ2) is 5.35. The van der Waals surface area contributed by atoms with Gasteiger partial charge in [-0.2, -0.15) is 0 Å². The highest BCUT2D eigenvalue weighted by atomic mass is 35.5. The van der Waals surface area contributed by atoms with Gasteiger partial charge in [-0.15, -0.1) is 0 Å². The van der Waals surface area contributed by atoms with E-state index in [1.54, 1.807) is 6.34 Å². The van der Waals surface area contributed by atoms with E-state index >= 15 is 0 Å². The molecule has 3 rings (SSSR count). The number of aliphatic imine (C=N–C) groups is 1. The Bertz CT molecular complexity index is 500. The van der Waals surface area contributed by atoms with Crippen molar-refractivity contribution in [1.29, 1.82) is 0 Å². The van der Waals surface area contributed by atoms with E-state index in [4.69, 9.17) is 11.6 Å². The minimum absolute atomic E-state index is 0.208. The summed E-state index contributed by atoms with van der Waals surface area (Å²) in [6.07, 6.45) is 4.16. The van der Waals surface area contributed by atoms with Crippen molar-refractivity contribution in [3.63, 3.8) is 0 Å². The lowest BCUT2D eigenvalue weighted by Crippen LogP contribution is -2.48. The summed E-state index contributed by atoms with van der Waals surface area (Å²) in [7, 11) is 0. The van der Waals surface area contributed by atoms with Gasteiger partial charge in [-0.05, 0) is 42.4 Å². The van der Waals surface area contributed by atoms with Gasteiger partial charge in [0.2, 0.25) is 0 Å². The molecule has 2 aliphatic rings. The van der Waals surface area contributed by atoms with Gasteiger partial charge in [-0.1, -0.05) is 30.7 Å². The molecule has 20 heavy (non-hydrogen) atoms. The van der Waals surface area contributed by atoms with Crippen LogP contribution in [0.15, 0.2) is 29.3 Å². The topological polar surface area (TPSA) is 47.9 Å². The van der Waals surface area contributed by atoms with Crippen LogP contribution in [0.25, 0.3) is 0 Å². The quantitative estimate of drug-likeness (QED) is 0.876. The molecule has 2 atom stereocenters. The molecule has 1 aliphatic carbocycles. The number of halogens is 1. The summed E-state index contributed by atoms with van der Waals surface area (Å²) < 4.78 is 0. The maximum atomic E-state index is 11.3. The summed E-state index contributed by atoms with van der Waals surface area (Å²) in [4.78, 5) is 4.13. The predicted molar refractivity (Wildman–Crippen MR) is 80.4 cm³/mol. The predicted octanol–water partition coefficient (Wildman–Crippen LogP) is 2.38. The SMILES string of the molecule is CC(C1CC1)C(O)(CN1C=NCN1)c1ccc(Cl)cc1. The monoisotopic (exact) mass is 293 g/mol. The second-order valence-electron chi connectivity index (χ2n) is 5.80. The Balaban J connectivity index is 1.88. The van der Waals surface area contributed by atoms with E-state index in [2.05, 4.69) is 17.3 Å². The smallest absolute Gasteiger partial charge is 0.111 e. The lowest BCUT2D eigenvalue weighted by atomic mass is 9.79. The standard InChI is InChI=1S/C15H20ClN3O/c1-11(12-2-3-12)15(20,8-19-10-17-9-18-19)13-4-6-14(16)7-5-13/h4-7,10-12,18,20H,2-3,8-9H2,1H3. The van der Waals surface area contributed by atoms with Gasteiger partial charge in [0.1, 0.15) is 18.6 Å². The van der Waals surface area contributed by atoms with Crippen LogP contribution in [-0.4, -0.2) is 29.7 Å². The van der Waals surface area contributed by atoms with E-state index in [-0.39, 0.29) is 5.92 Å². The molecular formula is C15H20ClN3O. The van der Waals surface area contributed by atoms with Crippen LogP contribution in [0.4, 0.5) is 0 Å². The summed E-state index contributed by atoms with van der Waals surface area (Å²) in [5, 5.41) is 13.9. The average Bonchev–Trinajstić information content (AvgIpc) is 3.17. The fraction of sp³-hybridized carbons (Fsp3) is 0.533. The zero-order valence-electron chi connectivity index (χ0n) is 11.6. The van der Waals surface area contributed by atoms with Crippen LogP contribution in [0.2, 0.25) is 5.02 Å². The van der Waals surface area contributed by atoms with Crippen molar-refractivity contribution < 1.29 is 5.11 Å². The molecule has 1 heterocycles. The van der Waals surface area contributed by atoms with E-state index in [0.717, 1.165) is 5.56 Å².